The first-order valence-corrected chi connectivity index (χ1v) is 13.9. The molecule has 2 heterocycles. The van der Waals surface area contributed by atoms with Gasteiger partial charge in [-0.1, -0.05) is 38.2 Å². The number of amides is 1. The van der Waals surface area contributed by atoms with Crippen molar-refractivity contribution in [2.24, 2.45) is 5.92 Å². The van der Waals surface area contributed by atoms with E-state index in [0.717, 1.165) is 16.8 Å². The summed E-state index contributed by atoms with van der Waals surface area (Å²) in [5.41, 5.74) is 0.526. The molecule has 11 heteroatoms. The van der Waals surface area contributed by atoms with Gasteiger partial charge in [-0.25, -0.2) is 17.8 Å². The van der Waals surface area contributed by atoms with Gasteiger partial charge in [0, 0.05) is 31.3 Å². The van der Waals surface area contributed by atoms with Crippen molar-refractivity contribution in [2.75, 3.05) is 26.7 Å². The number of likely N-dealkylation sites (N-methyl/N-ethyl adjacent to an activating group) is 1. The van der Waals surface area contributed by atoms with E-state index >= 15 is 0 Å². The van der Waals surface area contributed by atoms with Gasteiger partial charge in [0.1, 0.15) is 23.6 Å². The number of carbonyl (C=O) groups excluding carboxylic acids is 1. The predicted molar refractivity (Wildman–Crippen MR) is 139 cm³/mol. The van der Waals surface area contributed by atoms with Crippen LogP contribution in [0.2, 0.25) is 0 Å². The largest absolute Gasteiger partial charge is 0.472 e. The van der Waals surface area contributed by atoms with Crippen molar-refractivity contribution in [1.82, 2.24) is 14.2 Å². The molecule has 2 N–H and O–H groups in total. The van der Waals surface area contributed by atoms with Gasteiger partial charge in [0.15, 0.2) is 0 Å². The summed E-state index contributed by atoms with van der Waals surface area (Å²) in [7, 11) is -2.65. The van der Waals surface area contributed by atoms with Crippen molar-refractivity contribution in [2.45, 2.75) is 56.8 Å². The van der Waals surface area contributed by atoms with Gasteiger partial charge in [-0.05, 0) is 37.6 Å². The molecule has 9 nitrogen and oxygen atoms in total. The fourth-order valence-electron chi connectivity index (χ4n) is 4.06. The third-order valence-electron chi connectivity index (χ3n) is 6.41. The van der Waals surface area contributed by atoms with Gasteiger partial charge in [-0.3, -0.25) is 4.79 Å². The molecule has 0 bridgehead atoms. The number of ether oxygens (including phenoxy) is 1. The number of aliphatic hydroxyl groups is 2. The van der Waals surface area contributed by atoms with Gasteiger partial charge in [0.05, 0.1) is 24.1 Å². The average molecular weight is 548 g/mol. The lowest BCUT2D eigenvalue weighted by molar-refractivity contribution is 0.0373. The van der Waals surface area contributed by atoms with Gasteiger partial charge >= 0.3 is 0 Å². The molecular weight excluding hydrogens is 513 g/mol. The summed E-state index contributed by atoms with van der Waals surface area (Å²) in [5.74, 6) is 4.16. The third kappa shape index (κ3) is 6.88. The molecule has 38 heavy (non-hydrogen) atoms. The monoisotopic (exact) mass is 547 g/mol. The molecular formula is C27H34FN3O6S. The maximum Gasteiger partial charge on any atom is 0.259 e. The molecule has 0 fully saturated rings. The van der Waals surface area contributed by atoms with Gasteiger partial charge in [-0.15, -0.1) is 0 Å². The smallest absolute Gasteiger partial charge is 0.259 e. The number of hydrogen-bond donors (Lipinski definition) is 2. The number of nitrogens with zero attached hydrogens (tertiary/aromatic N) is 3. The fourth-order valence-corrected chi connectivity index (χ4v) is 5.27. The second-order valence-corrected chi connectivity index (χ2v) is 11.6. The highest BCUT2D eigenvalue weighted by molar-refractivity contribution is 7.89. The number of aromatic nitrogens is 1. The molecule has 1 aromatic heterocycles. The lowest BCUT2D eigenvalue weighted by atomic mass is 10.0. The zero-order valence-corrected chi connectivity index (χ0v) is 22.8. The van der Waals surface area contributed by atoms with Crippen molar-refractivity contribution in [3.8, 4) is 17.7 Å². The van der Waals surface area contributed by atoms with E-state index in [9.17, 15) is 27.8 Å². The maximum absolute atomic E-state index is 13.7. The van der Waals surface area contributed by atoms with Crippen LogP contribution in [0.4, 0.5) is 4.39 Å². The van der Waals surface area contributed by atoms with Crippen LogP contribution >= 0.6 is 0 Å². The normalized spacial score (nSPS) is 19.5. The second kappa shape index (κ2) is 12.7. The first-order valence-electron chi connectivity index (χ1n) is 12.5. The molecule has 0 saturated carbocycles. The number of fused-ring (bicyclic) bond motifs is 1. The van der Waals surface area contributed by atoms with Crippen LogP contribution in [0.15, 0.2) is 41.4 Å². The number of pyridine rings is 1. The number of benzene rings is 1. The summed E-state index contributed by atoms with van der Waals surface area (Å²) in [5, 5.41) is 19.8. The Bertz CT molecular complexity index is 1310. The molecule has 1 amide bonds. The molecule has 1 aliphatic rings. The van der Waals surface area contributed by atoms with E-state index in [1.807, 2.05) is 13.8 Å². The molecule has 1 unspecified atom stereocenters. The van der Waals surface area contributed by atoms with Crippen LogP contribution in [-0.2, 0) is 10.0 Å². The lowest BCUT2D eigenvalue weighted by Gasteiger charge is -2.37. The molecule has 0 spiro atoms. The minimum atomic E-state index is -4.02. The quantitative estimate of drug-likeness (QED) is 0.487. The number of aliphatic hydroxyl groups excluding tert-OH is 2. The van der Waals surface area contributed by atoms with Crippen molar-refractivity contribution >= 4 is 15.9 Å². The highest BCUT2D eigenvalue weighted by Gasteiger charge is 2.36. The molecule has 0 radical (unpaired) electrons. The van der Waals surface area contributed by atoms with E-state index in [1.54, 1.807) is 6.92 Å². The van der Waals surface area contributed by atoms with Crippen LogP contribution in [0, 0.1) is 23.6 Å². The molecule has 2 aromatic rings. The second-order valence-electron chi connectivity index (χ2n) is 9.52. The van der Waals surface area contributed by atoms with Gasteiger partial charge < -0.3 is 19.8 Å². The molecule has 1 aliphatic heterocycles. The summed E-state index contributed by atoms with van der Waals surface area (Å²) < 4.78 is 47.1. The summed E-state index contributed by atoms with van der Waals surface area (Å²) in [4.78, 5) is 19.1. The van der Waals surface area contributed by atoms with E-state index < -0.39 is 40.0 Å². The van der Waals surface area contributed by atoms with E-state index in [-0.39, 0.29) is 42.0 Å². The van der Waals surface area contributed by atoms with Crippen molar-refractivity contribution in [1.29, 1.82) is 0 Å². The fraction of sp³-hybridized carbons (Fsp3) is 0.481. The molecule has 4 atom stereocenters. The zero-order valence-electron chi connectivity index (χ0n) is 22.0. The Morgan fingerprint density at radius 1 is 1.34 bits per heavy atom. The standard InChI is InChI=1S/C27H34FN3O6S/c1-5-7-22(33)11-10-20-12-24-26(29-14-20)37-25(18(2)15-31(27(24)34)19(3)17-32)16-30(4)38(35,36)23-9-6-8-21(28)13-23/h6,8-9,12-14,18-19,22,25,32-33H,5,7,15-17H2,1-4H3/t18-,19+,22?,25-/m0/s1. The number of hydrogen-bond acceptors (Lipinski definition) is 7. The number of carbonyl (C=O) groups is 1. The highest BCUT2D eigenvalue weighted by atomic mass is 32.2. The number of sulfonamides is 1. The van der Waals surface area contributed by atoms with Crippen LogP contribution in [0.25, 0.3) is 0 Å². The van der Waals surface area contributed by atoms with Crippen LogP contribution in [0.5, 0.6) is 5.88 Å². The highest BCUT2D eigenvalue weighted by Crippen LogP contribution is 2.28. The Morgan fingerprint density at radius 2 is 2.08 bits per heavy atom. The molecule has 3 rings (SSSR count). The summed E-state index contributed by atoms with van der Waals surface area (Å²) in [6, 6.07) is 5.76. The third-order valence-corrected chi connectivity index (χ3v) is 8.23. The maximum atomic E-state index is 13.7. The minimum absolute atomic E-state index is 0.0119. The minimum Gasteiger partial charge on any atom is -0.472 e. The molecule has 206 valence electrons. The van der Waals surface area contributed by atoms with E-state index in [0.29, 0.717) is 12.0 Å². The summed E-state index contributed by atoms with van der Waals surface area (Å²) in [6.45, 7) is 5.27. The number of halogens is 1. The first kappa shape index (κ1) is 29.5. The van der Waals surface area contributed by atoms with E-state index in [2.05, 4.69) is 16.8 Å². The summed E-state index contributed by atoms with van der Waals surface area (Å²) in [6.07, 6.45) is 1.18. The molecule has 0 saturated heterocycles. The zero-order chi connectivity index (χ0) is 28.0. The van der Waals surface area contributed by atoms with Crippen molar-refractivity contribution in [3.05, 3.63) is 53.5 Å². The Balaban J connectivity index is 1.97. The Labute approximate surface area is 223 Å². The molecule has 1 aromatic carbocycles. The topological polar surface area (TPSA) is 120 Å². The van der Waals surface area contributed by atoms with Crippen LogP contribution in [-0.4, -0.2) is 83.7 Å². The van der Waals surface area contributed by atoms with Gasteiger partial charge in [0.2, 0.25) is 15.9 Å². The van der Waals surface area contributed by atoms with Gasteiger partial charge in [0.25, 0.3) is 5.91 Å². The van der Waals surface area contributed by atoms with Crippen LogP contribution in [0.1, 0.15) is 49.5 Å². The van der Waals surface area contributed by atoms with Crippen molar-refractivity contribution in [3.63, 3.8) is 0 Å². The molecule has 0 aliphatic carbocycles. The number of rotatable bonds is 8. The van der Waals surface area contributed by atoms with Crippen molar-refractivity contribution < 1.29 is 32.6 Å². The summed E-state index contributed by atoms with van der Waals surface area (Å²) >= 11 is 0. The Kier molecular flexibility index (Phi) is 9.84. The van der Waals surface area contributed by atoms with Crippen LogP contribution < -0.4 is 4.74 Å². The Hall–Kier alpha value is -3.04. The van der Waals surface area contributed by atoms with Crippen LogP contribution in [0.3, 0.4) is 0 Å². The van der Waals surface area contributed by atoms with Gasteiger partial charge in [-0.2, -0.15) is 4.31 Å². The SMILES string of the molecule is CCCC(O)C#Cc1cnc2c(c1)C(=O)N([C@H](C)CO)C[C@H](C)[C@H](CN(C)S(=O)(=O)c1cccc(F)c1)O2. The van der Waals surface area contributed by atoms with E-state index in [1.165, 1.54) is 42.4 Å². The Morgan fingerprint density at radius 3 is 2.74 bits per heavy atom. The predicted octanol–water partition coefficient (Wildman–Crippen LogP) is 2.27. The van der Waals surface area contributed by atoms with E-state index in [4.69, 9.17) is 4.74 Å². The first-order chi connectivity index (χ1) is 18.0. The lowest BCUT2D eigenvalue weighted by Crippen LogP contribution is -2.50. The average Bonchev–Trinajstić information content (AvgIpc) is 2.89.